The average molecular weight is 468 g/mol. The van der Waals surface area contributed by atoms with E-state index in [1.807, 2.05) is 39.5 Å². The minimum Gasteiger partial charge on any atom is -0.337 e. The van der Waals surface area contributed by atoms with Gasteiger partial charge in [0.15, 0.2) is 0 Å². The van der Waals surface area contributed by atoms with Gasteiger partial charge in [-0.15, -0.1) is 0 Å². The van der Waals surface area contributed by atoms with E-state index < -0.39 is 11.7 Å². The SMILES string of the molecule is CC(C)N(C(=O)CN1CCN([C@@H](C)c2nc(-c3cccc(C(F)(F)F)c3)no2)CC1)C(C)C. The summed E-state index contributed by atoms with van der Waals surface area (Å²) in [6.45, 7) is 13.3. The van der Waals surface area contributed by atoms with Crippen LogP contribution in [0.25, 0.3) is 11.4 Å². The third kappa shape index (κ3) is 6.11. The van der Waals surface area contributed by atoms with Crippen molar-refractivity contribution in [2.24, 2.45) is 0 Å². The second kappa shape index (κ2) is 10.2. The molecule has 0 bridgehead atoms. The first-order valence-electron chi connectivity index (χ1n) is 11.3. The monoisotopic (exact) mass is 467 g/mol. The predicted molar refractivity (Wildman–Crippen MR) is 118 cm³/mol. The number of benzene rings is 1. The van der Waals surface area contributed by atoms with Crippen LogP contribution in [0.15, 0.2) is 28.8 Å². The Bertz CT molecular complexity index is 928. The van der Waals surface area contributed by atoms with Crippen molar-refractivity contribution in [3.05, 3.63) is 35.7 Å². The molecule has 1 aliphatic heterocycles. The second-order valence-corrected chi connectivity index (χ2v) is 9.01. The molecule has 2 heterocycles. The van der Waals surface area contributed by atoms with Gasteiger partial charge in [0.1, 0.15) is 0 Å². The Morgan fingerprint density at radius 3 is 2.30 bits per heavy atom. The summed E-state index contributed by atoms with van der Waals surface area (Å²) in [7, 11) is 0. The molecule has 33 heavy (non-hydrogen) atoms. The molecule has 1 aromatic heterocycles. The number of carbonyl (C=O) groups is 1. The maximum atomic E-state index is 13.0. The van der Waals surface area contributed by atoms with Crippen LogP contribution in [0.1, 0.15) is 52.1 Å². The molecule has 1 amide bonds. The Labute approximate surface area is 192 Å². The molecule has 0 saturated carbocycles. The molecule has 182 valence electrons. The van der Waals surface area contributed by atoms with Crippen molar-refractivity contribution in [2.45, 2.75) is 58.9 Å². The molecule has 1 aromatic carbocycles. The van der Waals surface area contributed by atoms with Crippen LogP contribution in [0.3, 0.4) is 0 Å². The van der Waals surface area contributed by atoms with Gasteiger partial charge in [-0.05, 0) is 46.8 Å². The van der Waals surface area contributed by atoms with E-state index in [2.05, 4.69) is 19.9 Å². The Balaban J connectivity index is 1.59. The molecule has 10 heteroatoms. The minimum absolute atomic E-state index is 0.129. The molecule has 3 rings (SSSR count). The van der Waals surface area contributed by atoms with Gasteiger partial charge >= 0.3 is 6.18 Å². The summed E-state index contributed by atoms with van der Waals surface area (Å²) in [5, 5.41) is 3.89. The van der Waals surface area contributed by atoms with Crippen LogP contribution in [0, 0.1) is 0 Å². The van der Waals surface area contributed by atoms with E-state index in [1.54, 1.807) is 0 Å². The third-order valence-corrected chi connectivity index (χ3v) is 5.96. The zero-order chi connectivity index (χ0) is 24.3. The predicted octanol–water partition coefficient (Wildman–Crippen LogP) is 4.08. The third-order valence-electron chi connectivity index (χ3n) is 5.96. The number of aromatic nitrogens is 2. The number of alkyl halides is 3. The molecular formula is C23H32F3N5O2. The van der Waals surface area contributed by atoms with Gasteiger partial charge in [0.2, 0.25) is 17.6 Å². The van der Waals surface area contributed by atoms with Crippen LogP contribution >= 0.6 is 0 Å². The van der Waals surface area contributed by atoms with Gasteiger partial charge in [0, 0.05) is 43.8 Å². The summed E-state index contributed by atoms with van der Waals surface area (Å²) in [5.41, 5.74) is -0.492. The lowest BCUT2D eigenvalue weighted by molar-refractivity contribution is -0.138. The van der Waals surface area contributed by atoms with Crippen molar-refractivity contribution in [2.75, 3.05) is 32.7 Å². The molecular weight excluding hydrogens is 435 g/mol. The van der Waals surface area contributed by atoms with E-state index >= 15 is 0 Å². The van der Waals surface area contributed by atoms with E-state index in [0.717, 1.165) is 38.3 Å². The second-order valence-electron chi connectivity index (χ2n) is 9.01. The van der Waals surface area contributed by atoms with Crippen LogP contribution in [0.5, 0.6) is 0 Å². The number of piperazine rings is 1. The number of hydrogen-bond acceptors (Lipinski definition) is 6. The van der Waals surface area contributed by atoms with E-state index in [4.69, 9.17) is 4.52 Å². The molecule has 1 fully saturated rings. The van der Waals surface area contributed by atoms with Crippen molar-refractivity contribution >= 4 is 5.91 Å². The maximum Gasteiger partial charge on any atom is 0.416 e. The fraction of sp³-hybridized carbons (Fsp3) is 0.609. The fourth-order valence-electron chi connectivity index (χ4n) is 4.27. The Hall–Kier alpha value is -2.46. The molecule has 1 atom stereocenters. The Morgan fingerprint density at radius 1 is 1.09 bits per heavy atom. The summed E-state index contributed by atoms with van der Waals surface area (Å²) in [4.78, 5) is 23.3. The van der Waals surface area contributed by atoms with E-state index in [9.17, 15) is 18.0 Å². The standard InChI is InChI=1S/C23H32F3N5O2/c1-15(2)31(16(3)4)20(32)14-29-9-11-30(12-10-29)17(5)22-27-21(28-33-22)18-7-6-8-19(13-18)23(24,25)26/h6-8,13,15-17H,9-12,14H2,1-5H3/t17-/m0/s1. The number of rotatable bonds is 7. The summed E-state index contributed by atoms with van der Waals surface area (Å²) in [6, 6.07) is 5.02. The van der Waals surface area contributed by atoms with Gasteiger partial charge in [-0.2, -0.15) is 18.2 Å². The normalized spacial score (nSPS) is 17.0. The minimum atomic E-state index is -4.43. The first-order valence-corrected chi connectivity index (χ1v) is 11.3. The van der Waals surface area contributed by atoms with Crippen molar-refractivity contribution in [3.8, 4) is 11.4 Å². The zero-order valence-electron chi connectivity index (χ0n) is 19.8. The van der Waals surface area contributed by atoms with Gasteiger partial charge in [0.05, 0.1) is 18.2 Å². The van der Waals surface area contributed by atoms with Crippen LogP contribution in [0.4, 0.5) is 13.2 Å². The number of carbonyl (C=O) groups excluding carboxylic acids is 1. The van der Waals surface area contributed by atoms with Crippen LogP contribution in [0.2, 0.25) is 0 Å². The van der Waals surface area contributed by atoms with Gasteiger partial charge < -0.3 is 9.42 Å². The first-order chi connectivity index (χ1) is 15.5. The smallest absolute Gasteiger partial charge is 0.337 e. The Morgan fingerprint density at radius 2 is 1.73 bits per heavy atom. The van der Waals surface area contributed by atoms with Gasteiger partial charge in [-0.3, -0.25) is 14.6 Å². The van der Waals surface area contributed by atoms with Crippen LogP contribution in [-0.4, -0.2) is 75.6 Å². The summed E-state index contributed by atoms with van der Waals surface area (Å²) in [5.74, 6) is 0.622. The van der Waals surface area contributed by atoms with Crippen LogP contribution < -0.4 is 0 Å². The topological polar surface area (TPSA) is 65.7 Å². The van der Waals surface area contributed by atoms with Crippen molar-refractivity contribution in [1.29, 1.82) is 0 Å². The summed E-state index contributed by atoms with van der Waals surface area (Å²) < 4.78 is 44.4. The molecule has 0 unspecified atom stereocenters. The highest BCUT2D eigenvalue weighted by molar-refractivity contribution is 5.78. The number of halogens is 3. The van der Waals surface area contributed by atoms with Gasteiger partial charge in [-0.25, -0.2) is 0 Å². The maximum absolute atomic E-state index is 13.0. The quantitative estimate of drug-likeness (QED) is 0.612. The molecule has 7 nitrogen and oxygen atoms in total. The molecule has 2 aromatic rings. The molecule has 0 N–H and O–H groups in total. The highest BCUT2D eigenvalue weighted by Gasteiger charge is 2.31. The molecule has 0 radical (unpaired) electrons. The number of amides is 1. The lowest BCUT2D eigenvalue weighted by Gasteiger charge is -2.38. The van der Waals surface area contributed by atoms with Crippen molar-refractivity contribution in [3.63, 3.8) is 0 Å². The van der Waals surface area contributed by atoms with E-state index in [-0.39, 0.29) is 35.4 Å². The molecule has 1 aliphatic rings. The van der Waals surface area contributed by atoms with Crippen LogP contribution in [-0.2, 0) is 11.0 Å². The van der Waals surface area contributed by atoms with E-state index in [0.29, 0.717) is 12.4 Å². The highest BCUT2D eigenvalue weighted by Crippen LogP contribution is 2.32. The molecule has 0 spiro atoms. The number of nitrogens with zero attached hydrogens (tertiary/aromatic N) is 5. The zero-order valence-corrected chi connectivity index (χ0v) is 19.8. The first kappa shape index (κ1) is 25.2. The fourth-order valence-corrected chi connectivity index (χ4v) is 4.27. The van der Waals surface area contributed by atoms with Crippen molar-refractivity contribution < 1.29 is 22.5 Å². The average Bonchev–Trinajstić information content (AvgIpc) is 3.23. The highest BCUT2D eigenvalue weighted by atomic mass is 19.4. The Kier molecular flexibility index (Phi) is 7.79. The summed E-state index contributed by atoms with van der Waals surface area (Å²) >= 11 is 0. The van der Waals surface area contributed by atoms with Crippen molar-refractivity contribution in [1.82, 2.24) is 24.8 Å². The van der Waals surface area contributed by atoms with Gasteiger partial charge in [-0.1, -0.05) is 17.3 Å². The number of hydrogen-bond donors (Lipinski definition) is 0. The van der Waals surface area contributed by atoms with Gasteiger partial charge in [0.25, 0.3) is 0 Å². The largest absolute Gasteiger partial charge is 0.416 e. The lowest BCUT2D eigenvalue weighted by Crippen LogP contribution is -2.52. The lowest BCUT2D eigenvalue weighted by atomic mass is 10.1. The van der Waals surface area contributed by atoms with E-state index in [1.165, 1.54) is 12.1 Å². The molecule has 0 aliphatic carbocycles. The molecule has 1 saturated heterocycles. The summed E-state index contributed by atoms with van der Waals surface area (Å²) in [6.07, 6.45) is -4.43.